The average molecular weight is 676 g/mol. The van der Waals surface area contributed by atoms with Gasteiger partial charge in [0.25, 0.3) is 5.56 Å². The van der Waals surface area contributed by atoms with Crippen molar-refractivity contribution < 1.29 is 31.7 Å². The van der Waals surface area contributed by atoms with Gasteiger partial charge < -0.3 is 13.9 Å². The van der Waals surface area contributed by atoms with E-state index in [-0.39, 0.29) is 27.8 Å². The van der Waals surface area contributed by atoms with Gasteiger partial charge in [-0.1, -0.05) is 12.1 Å². The standard InChI is InChI=1S/C33H42FN3O7S2/c1-20(35-45(41)33(6,7)8)26-18-29(38)36(9)19-28(26)27-17-23(13-16-25(27)30(39)22-11-14-24(34)15-12-22)21(2)46(42,43)37(10)31(40)44-32(3,4)5/h11-21,35H,1-10H3/t20-,21?,45?/m0/s1. The van der Waals surface area contributed by atoms with Crippen LogP contribution >= 0.6 is 0 Å². The molecule has 0 spiro atoms. The maximum atomic E-state index is 13.9. The predicted molar refractivity (Wildman–Crippen MR) is 178 cm³/mol. The van der Waals surface area contributed by atoms with Crippen LogP contribution in [0.1, 0.15) is 93.7 Å². The van der Waals surface area contributed by atoms with Crippen molar-refractivity contribution in [2.24, 2.45) is 7.05 Å². The third-order valence-corrected chi connectivity index (χ3v) is 11.0. The highest BCUT2D eigenvalue weighted by Gasteiger charge is 2.35. The quantitative estimate of drug-likeness (QED) is 0.222. The van der Waals surface area contributed by atoms with Gasteiger partial charge in [-0.05, 0) is 102 Å². The van der Waals surface area contributed by atoms with Crippen molar-refractivity contribution in [2.45, 2.75) is 77.0 Å². The second-order valence-electron chi connectivity index (χ2n) is 13.1. The molecule has 13 heteroatoms. The van der Waals surface area contributed by atoms with Gasteiger partial charge in [-0.3, -0.25) is 9.59 Å². The van der Waals surface area contributed by atoms with Crippen LogP contribution in [0.2, 0.25) is 0 Å². The molecule has 250 valence electrons. The van der Waals surface area contributed by atoms with Crippen LogP contribution in [0.4, 0.5) is 9.18 Å². The van der Waals surface area contributed by atoms with E-state index in [4.69, 9.17) is 4.74 Å². The molecule has 0 fully saturated rings. The summed E-state index contributed by atoms with van der Waals surface area (Å²) in [4.78, 5) is 39.4. The van der Waals surface area contributed by atoms with Crippen LogP contribution < -0.4 is 10.3 Å². The molecule has 46 heavy (non-hydrogen) atoms. The fourth-order valence-electron chi connectivity index (χ4n) is 4.46. The van der Waals surface area contributed by atoms with E-state index in [2.05, 4.69) is 4.72 Å². The van der Waals surface area contributed by atoms with Gasteiger partial charge in [0.15, 0.2) is 5.78 Å². The normalized spacial score (nSPS) is 14.3. The zero-order valence-electron chi connectivity index (χ0n) is 27.8. The maximum absolute atomic E-state index is 13.9. The van der Waals surface area contributed by atoms with Crippen LogP contribution in [-0.4, -0.2) is 51.1 Å². The Balaban J connectivity index is 2.27. The maximum Gasteiger partial charge on any atom is 0.423 e. The van der Waals surface area contributed by atoms with E-state index in [0.717, 1.165) is 19.2 Å². The van der Waals surface area contributed by atoms with Crippen molar-refractivity contribution in [3.63, 3.8) is 0 Å². The molecule has 3 atom stereocenters. The largest absolute Gasteiger partial charge is 0.598 e. The summed E-state index contributed by atoms with van der Waals surface area (Å²) >= 11 is -1.52. The van der Waals surface area contributed by atoms with Gasteiger partial charge in [0.2, 0.25) is 10.0 Å². The number of nitrogens with zero attached hydrogens (tertiary/aromatic N) is 2. The molecule has 1 heterocycles. The summed E-state index contributed by atoms with van der Waals surface area (Å²) in [6.07, 6.45) is 0.484. The first-order chi connectivity index (χ1) is 21.0. The Morgan fingerprint density at radius 3 is 2.13 bits per heavy atom. The lowest BCUT2D eigenvalue weighted by atomic mass is 9.89. The first-order valence-electron chi connectivity index (χ1n) is 14.6. The number of carbonyl (C=O) groups excluding carboxylic acids is 2. The first kappa shape index (κ1) is 36.9. The molecule has 0 bridgehead atoms. The van der Waals surface area contributed by atoms with Crippen LogP contribution in [-0.2, 0) is 33.2 Å². The summed E-state index contributed by atoms with van der Waals surface area (Å²) in [5.74, 6) is -0.992. The lowest BCUT2D eigenvalue weighted by Gasteiger charge is -2.28. The number of rotatable bonds is 9. The topological polar surface area (TPSA) is 138 Å². The fraction of sp³-hybridized carbons (Fsp3) is 0.424. The van der Waals surface area contributed by atoms with Crippen molar-refractivity contribution in [3.05, 3.63) is 93.2 Å². The molecule has 3 rings (SSSR count). The Morgan fingerprint density at radius 2 is 1.59 bits per heavy atom. The van der Waals surface area contributed by atoms with E-state index < -0.39 is 60.7 Å². The number of carbonyl (C=O) groups is 2. The van der Waals surface area contributed by atoms with Gasteiger partial charge in [0.05, 0.1) is 6.04 Å². The van der Waals surface area contributed by atoms with E-state index in [9.17, 15) is 31.7 Å². The molecule has 10 nitrogen and oxygen atoms in total. The number of aromatic nitrogens is 1. The Bertz CT molecular complexity index is 1780. The summed E-state index contributed by atoms with van der Waals surface area (Å²) in [7, 11) is -1.65. The highest BCUT2D eigenvalue weighted by molar-refractivity contribution is 7.90. The third kappa shape index (κ3) is 8.44. The SMILES string of the molecule is CC(c1ccc(C(=O)c2ccc(F)cc2)c(-c2cn(C)c(=O)cc2[C@H](C)N[S+]([O-])C(C)(C)C)c1)S(=O)(=O)N(C)C(=O)OC(C)(C)C. The molecule has 1 aromatic heterocycles. The van der Waals surface area contributed by atoms with Crippen LogP contribution in [0.15, 0.2) is 59.5 Å². The van der Waals surface area contributed by atoms with Gasteiger partial charge in [-0.2, -0.15) is 0 Å². The molecule has 0 radical (unpaired) electrons. The molecular weight excluding hydrogens is 634 g/mol. The number of amides is 1. The molecule has 0 aliphatic rings. The Kier molecular flexibility index (Phi) is 11.0. The van der Waals surface area contributed by atoms with E-state index >= 15 is 0 Å². The van der Waals surface area contributed by atoms with Crippen LogP contribution in [0.5, 0.6) is 0 Å². The van der Waals surface area contributed by atoms with Gasteiger partial charge in [0.1, 0.15) is 21.4 Å². The second-order valence-corrected chi connectivity index (χ2v) is 17.4. The van der Waals surface area contributed by atoms with Crippen molar-refractivity contribution in [1.29, 1.82) is 0 Å². The molecule has 0 saturated carbocycles. The van der Waals surface area contributed by atoms with E-state index in [1.54, 1.807) is 48.5 Å². The van der Waals surface area contributed by atoms with Crippen molar-refractivity contribution in [2.75, 3.05) is 7.05 Å². The summed E-state index contributed by atoms with van der Waals surface area (Å²) in [5, 5.41) is -1.27. The lowest BCUT2D eigenvalue weighted by Crippen LogP contribution is -2.41. The van der Waals surface area contributed by atoms with E-state index in [1.807, 2.05) is 0 Å². The Morgan fingerprint density at radius 1 is 1.00 bits per heavy atom. The molecular formula is C33H42FN3O7S2. The third-order valence-electron chi connectivity index (χ3n) is 7.20. The number of ketones is 1. The second kappa shape index (κ2) is 13.7. The summed E-state index contributed by atoms with van der Waals surface area (Å²) in [6, 6.07) is 10.2. The number of hydrogen-bond donors (Lipinski definition) is 1. The number of benzene rings is 2. The van der Waals surface area contributed by atoms with Gasteiger partial charge in [0, 0.05) is 54.4 Å². The van der Waals surface area contributed by atoms with Gasteiger partial charge in [-0.15, -0.1) is 4.72 Å². The number of halogens is 1. The minimum atomic E-state index is -4.30. The van der Waals surface area contributed by atoms with Crippen molar-refractivity contribution in [3.8, 4) is 11.1 Å². The molecule has 3 aromatic rings. The lowest BCUT2D eigenvalue weighted by molar-refractivity contribution is 0.0419. The summed E-state index contributed by atoms with van der Waals surface area (Å²) in [6.45, 7) is 13.4. The van der Waals surface area contributed by atoms with E-state index in [1.165, 1.54) is 61.1 Å². The summed E-state index contributed by atoms with van der Waals surface area (Å²) in [5.41, 5.74) is 0.427. The minimum absolute atomic E-state index is 0.157. The molecule has 0 aliphatic heterocycles. The number of sulfonamides is 1. The Hall–Kier alpha value is -3.52. The number of nitrogens with one attached hydrogen (secondary N) is 1. The van der Waals surface area contributed by atoms with Gasteiger partial charge >= 0.3 is 6.09 Å². The zero-order chi connectivity index (χ0) is 34.9. The molecule has 2 unspecified atom stereocenters. The van der Waals surface area contributed by atoms with Crippen molar-refractivity contribution >= 4 is 33.3 Å². The highest BCUT2D eigenvalue weighted by Crippen LogP contribution is 2.36. The highest BCUT2D eigenvalue weighted by atomic mass is 32.2. The first-order valence-corrected chi connectivity index (χ1v) is 17.2. The minimum Gasteiger partial charge on any atom is -0.598 e. The monoisotopic (exact) mass is 675 g/mol. The zero-order valence-corrected chi connectivity index (χ0v) is 29.4. The molecule has 0 aliphatic carbocycles. The number of aryl methyl sites for hydroxylation is 1. The average Bonchev–Trinajstić information content (AvgIpc) is 2.95. The molecule has 2 aromatic carbocycles. The smallest absolute Gasteiger partial charge is 0.423 e. The summed E-state index contributed by atoms with van der Waals surface area (Å²) < 4.78 is 63.5. The molecule has 1 amide bonds. The molecule has 1 N–H and O–H groups in total. The van der Waals surface area contributed by atoms with Crippen molar-refractivity contribution in [1.82, 2.24) is 13.6 Å². The number of ether oxygens (including phenoxy) is 1. The van der Waals surface area contributed by atoms with E-state index in [0.29, 0.717) is 15.4 Å². The van der Waals surface area contributed by atoms with Gasteiger partial charge in [-0.25, -0.2) is 21.9 Å². The van der Waals surface area contributed by atoms with Crippen LogP contribution in [0, 0.1) is 5.82 Å². The van der Waals surface area contributed by atoms with Crippen LogP contribution in [0.3, 0.4) is 0 Å². The Labute approximate surface area is 273 Å². The number of hydrogen-bond acceptors (Lipinski definition) is 8. The number of pyridine rings is 1. The van der Waals surface area contributed by atoms with Crippen LogP contribution in [0.25, 0.3) is 11.1 Å². The fourth-order valence-corrected chi connectivity index (χ4v) is 6.47. The molecule has 0 saturated heterocycles. The predicted octanol–water partition coefficient (Wildman–Crippen LogP) is 5.79.